The summed E-state index contributed by atoms with van der Waals surface area (Å²) < 4.78 is 29.0. The van der Waals surface area contributed by atoms with Crippen LogP contribution in [0.25, 0.3) is 0 Å². The van der Waals surface area contributed by atoms with Gasteiger partial charge in [0.2, 0.25) is 0 Å². The van der Waals surface area contributed by atoms with Gasteiger partial charge < -0.3 is 1.43 Å². The number of halogens is 3. The molecular weight excluding hydrogens is 92.0 g/mol. The van der Waals surface area contributed by atoms with Crippen molar-refractivity contribution in [2.45, 2.75) is 6.68 Å². The van der Waals surface area contributed by atoms with E-state index in [2.05, 4.69) is 0 Å². The minimum atomic E-state index is -3.67. The first-order valence-electron chi connectivity index (χ1n) is 0.655. The van der Waals surface area contributed by atoms with Gasteiger partial charge >= 0.3 is 36.2 Å². The van der Waals surface area contributed by atoms with Crippen molar-refractivity contribution in [1.82, 2.24) is 0 Å². The van der Waals surface area contributed by atoms with Gasteiger partial charge in [-0.15, -0.1) is 0 Å². The maximum atomic E-state index is 9.67. The summed E-state index contributed by atoms with van der Waals surface area (Å²) in [7, 11) is 0. The summed E-state index contributed by atoms with van der Waals surface area (Å²) in [5.41, 5.74) is 0. The van der Waals surface area contributed by atoms with Crippen LogP contribution in [0.5, 0.6) is 0 Å². The van der Waals surface area contributed by atoms with E-state index in [0.717, 1.165) is 0 Å². The largest absolute Gasteiger partial charge is 1.00 e. The molecule has 0 N–H and O–H groups in total. The van der Waals surface area contributed by atoms with Crippen LogP contribution in [-0.4, -0.2) is 6.68 Å². The Kier molecular flexibility index (Phi) is 8.86. The Morgan fingerprint density at radius 3 is 1.20 bits per heavy atom. The molecule has 0 atom stereocenters. The second kappa shape index (κ2) is 4.79. The first-order valence-corrected chi connectivity index (χ1v) is 0.655. The zero-order valence-electron chi connectivity index (χ0n) is 3.71. The van der Waals surface area contributed by atoms with Gasteiger partial charge in [-0.2, -0.15) is 13.2 Å². The maximum absolute atomic E-state index is 9.67. The van der Waals surface area contributed by atoms with Crippen molar-refractivity contribution in [2.75, 3.05) is 0 Å². The van der Waals surface area contributed by atoms with E-state index in [1.165, 1.54) is 0 Å². The second-order valence-electron chi connectivity index (χ2n) is 0.247. The molecule has 5 heavy (non-hydrogen) atoms. The predicted octanol–water partition coefficient (Wildman–Crippen LogP) is -1.71. The molecule has 28 valence electrons. The molecule has 0 aromatic heterocycles. The number of alkyl halides is 3. The molecule has 0 nitrogen and oxygen atoms in total. The molecule has 0 saturated carbocycles. The average Bonchev–Trinajstić information content (AvgIpc) is 0.811. The van der Waals surface area contributed by atoms with Gasteiger partial charge in [0.05, 0.1) is 0 Å². The number of hydrogen-bond acceptors (Lipinski definition) is 0. The van der Waals surface area contributed by atoms with Crippen molar-refractivity contribution in [1.29, 1.82) is 0 Å². The topological polar surface area (TPSA) is 0 Å². The van der Waals surface area contributed by atoms with E-state index in [1.54, 1.807) is 0 Å². The predicted molar refractivity (Wildman–Crippen MR) is 8.22 cm³/mol. The fraction of sp³-hybridized carbons (Fsp3) is 1.00. The van der Waals surface area contributed by atoms with Crippen molar-refractivity contribution in [3.63, 3.8) is 0 Å². The molecule has 4 heteroatoms. The van der Waals surface area contributed by atoms with Gasteiger partial charge in [0.25, 0.3) is 0 Å². The Balaban J connectivity index is -0.0000000450. The van der Waals surface area contributed by atoms with Gasteiger partial charge in [0.15, 0.2) is 0 Å². The maximum Gasteiger partial charge on any atom is 1.00 e. The van der Waals surface area contributed by atoms with Crippen LogP contribution >= 0.6 is 0 Å². The first-order chi connectivity index (χ1) is 1.73. The molecule has 0 amide bonds. The van der Waals surface area contributed by atoms with Crippen LogP contribution in [0.15, 0.2) is 0 Å². The molecule has 0 aliphatic heterocycles. The quantitative estimate of drug-likeness (QED) is 0.314. The summed E-state index contributed by atoms with van der Waals surface area (Å²) in [5, 5.41) is 0. The van der Waals surface area contributed by atoms with Crippen molar-refractivity contribution >= 4 is 0 Å². The van der Waals surface area contributed by atoms with E-state index in [1.807, 2.05) is 0 Å². The van der Waals surface area contributed by atoms with Crippen LogP contribution in [0.4, 0.5) is 13.2 Å². The van der Waals surface area contributed by atoms with Crippen LogP contribution < -0.4 is 29.6 Å². The van der Waals surface area contributed by atoms with Crippen molar-refractivity contribution in [3.8, 4) is 0 Å². The molecule has 0 rings (SSSR count). The smallest absolute Gasteiger partial charge is 1.00 e. The number of rotatable bonds is 0. The van der Waals surface area contributed by atoms with Crippen LogP contribution in [0.1, 0.15) is 1.43 Å². The molecule has 0 heterocycles. The Morgan fingerprint density at radius 1 is 1.20 bits per heavy atom. The zero-order valence-corrected chi connectivity index (χ0v) is 4.71. The van der Waals surface area contributed by atoms with Gasteiger partial charge in [-0.05, 0) is 0 Å². The van der Waals surface area contributed by atoms with E-state index in [-0.39, 0.29) is 31.0 Å². The van der Waals surface area contributed by atoms with Gasteiger partial charge in [-0.25, -0.2) is 0 Å². The van der Waals surface area contributed by atoms with E-state index < -0.39 is 6.68 Å². The standard InChI is InChI=1S/CHF3.Na.H/c2-1(3)4;;/h1H;;/q;+1;-1. The third-order valence-electron chi connectivity index (χ3n) is 0. The molecule has 0 aromatic carbocycles. The van der Waals surface area contributed by atoms with E-state index in [0.29, 0.717) is 0 Å². The number of hydrogen-bond donors (Lipinski definition) is 0. The third-order valence-corrected chi connectivity index (χ3v) is 0. The fourth-order valence-corrected chi connectivity index (χ4v) is 0. The van der Waals surface area contributed by atoms with Gasteiger partial charge in [-0.3, -0.25) is 0 Å². The van der Waals surface area contributed by atoms with Crippen LogP contribution in [0.2, 0.25) is 0 Å². The minimum absolute atomic E-state index is 0. The monoisotopic (exact) mass is 94.0 g/mol. The minimum Gasteiger partial charge on any atom is -1.00 e. The molecule has 0 aliphatic carbocycles. The van der Waals surface area contributed by atoms with Crippen molar-refractivity contribution < 1.29 is 44.2 Å². The summed E-state index contributed by atoms with van der Waals surface area (Å²) in [5.74, 6) is 0. The normalized spacial score (nSPS) is 7.20. The van der Waals surface area contributed by atoms with Crippen LogP contribution in [0.3, 0.4) is 0 Å². The summed E-state index contributed by atoms with van der Waals surface area (Å²) >= 11 is 0. The molecule has 0 saturated heterocycles. The third kappa shape index (κ3) is 59.7. The summed E-state index contributed by atoms with van der Waals surface area (Å²) in [6, 6.07) is 0. The Labute approximate surface area is 51.1 Å². The molecule has 0 bridgehead atoms. The summed E-state index contributed by atoms with van der Waals surface area (Å²) in [6.07, 6.45) is 0. The molecular formula is CH2F3Na. The SMILES string of the molecule is FC(F)F.[H-].[Na+]. The van der Waals surface area contributed by atoms with E-state index >= 15 is 0 Å². The molecule has 0 unspecified atom stereocenters. The van der Waals surface area contributed by atoms with Gasteiger partial charge in [0, 0.05) is 0 Å². The Bertz CT molecular complexity index is 15.5. The molecule has 0 radical (unpaired) electrons. The second-order valence-corrected chi connectivity index (χ2v) is 0.247. The van der Waals surface area contributed by atoms with E-state index in [4.69, 9.17) is 0 Å². The molecule has 0 fully saturated rings. The average molecular weight is 94.0 g/mol. The summed E-state index contributed by atoms with van der Waals surface area (Å²) in [4.78, 5) is 0. The Hall–Kier alpha value is 0.790. The molecule has 0 spiro atoms. The first kappa shape index (κ1) is 9.25. The molecule has 0 aromatic rings. The van der Waals surface area contributed by atoms with Gasteiger partial charge in [-0.1, -0.05) is 0 Å². The van der Waals surface area contributed by atoms with Crippen molar-refractivity contribution in [3.05, 3.63) is 0 Å². The zero-order chi connectivity index (χ0) is 3.58. The Morgan fingerprint density at radius 2 is 1.20 bits per heavy atom. The molecule has 0 aliphatic rings. The van der Waals surface area contributed by atoms with Crippen molar-refractivity contribution in [2.24, 2.45) is 0 Å². The van der Waals surface area contributed by atoms with Crippen LogP contribution in [0, 0.1) is 0 Å². The van der Waals surface area contributed by atoms with E-state index in [9.17, 15) is 13.2 Å². The fourth-order valence-electron chi connectivity index (χ4n) is 0. The van der Waals surface area contributed by atoms with Crippen LogP contribution in [-0.2, 0) is 0 Å². The van der Waals surface area contributed by atoms with Gasteiger partial charge in [0.1, 0.15) is 0 Å². The summed E-state index contributed by atoms with van der Waals surface area (Å²) in [6.45, 7) is -3.67.